The van der Waals surface area contributed by atoms with Gasteiger partial charge in [0.1, 0.15) is 29.5 Å². The van der Waals surface area contributed by atoms with E-state index in [1.54, 1.807) is 20.2 Å². The van der Waals surface area contributed by atoms with Crippen LogP contribution in [0.3, 0.4) is 0 Å². The van der Waals surface area contributed by atoms with Gasteiger partial charge in [0, 0.05) is 42.7 Å². The number of carbonyl (C=O) groups is 2. The van der Waals surface area contributed by atoms with Gasteiger partial charge in [-0.05, 0) is 92.6 Å². The summed E-state index contributed by atoms with van der Waals surface area (Å²) in [6.07, 6.45) is 2.63. The smallest absolute Gasteiger partial charge is 0.320 e. The summed E-state index contributed by atoms with van der Waals surface area (Å²) in [7, 11) is 1.63. The zero-order valence-corrected chi connectivity index (χ0v) is 29.4. The van der Waals surface area contributed by atoms with Crippen LogP contribution in [0.15, 0.2) is 66.9 Å². The second-order valence-electron chi connectivity index (χ2n) is 13.7. The predicted molar refractivity (Wildman–Crippen MR) is 193 cm³/mol. The van der Waals surface area contributed by atoms with Gasteiger partial charge in [-0.3, -0.25) is 19.2 Å². The van der Waals surface area contributed by atoms with Gasteiger partial charge in [0.25, 0.3) is 0 Å². The fraction of sp³-hybridized carbons (Fsp3) is 0.385. The molecule has 50 heavy (non-hydrogen) atoms. The fourth-order valence-electron chi connectivity index (χ4n) is 6.53. The molecule has 0 saturated carbocycles. The summed E-state index contributed by atoms with van der Waals surface area (Å²) in [5, 5.41) is 8.01. The van der Waals surface area contributed by atoms with Crippen LogP contribution in [0.4, 0.5) is 5.82 Å². The summed E-state index contributed by atoms with van der Waals surface area (Å²) in [5.74, 6) is 0.511. The molecule has 1 aliphatic rings. The third kappa shape index (κ3) is 8.06. The first kappa shape index (κ1) is 34.8. The number of esters is 2. The van der Waals surface area contributed by atoms with E-state index >= 15 is 0 Å². The topological polar surface area (TPSA) is 131 Å². The number of nitrogens with two attached hydrogens (primary N) is 1. The van der Waals surface area contributed by atoms with Crippen molar-refractivity contribution in [2.45, 2.75) is 65.4 Å². The molecule has 0 amide bonds. The van der Waals surface area contributed by atoms with Crippen molar-refractivity contribution in [2.24, 2.45) is 0 Å². The van der Waals surface area contributed by atoms with E-state index < -0.39 is 5.60 Å². The maximum Gasteiger partial charge on any atom is 0.320 e. The molecule has 3 heterocycles. The normalized spacial score (nSPS) is 15.1. The molecule has 6 rings (SSSR count). The van der Waals surface area contributed by atoms with Crippen molar-refractivity contribution in [2.75, 3.05) is 39.1 Å². The number of carbonyl (C=O) groups excluding carboxylic acids is 2. The minimum atomic E-state index is -0.533. The molecule has 2 aromatic heterocycles. The van der Waals surface area contributed by atoms with Gasteiger partial charge in [-0.25, -0.2) is 4.98 Å². The predicted octanol–water partition coefficient (Wildman–Crippen LogP) is 6.25. The van der Waals surface area contributed by atoms with Crippen molar-refractivity contribution in [3.63, 3.8) is 0 Å². The summed E-state index contributed by atoms with van der Waals surface area (Å²) in [5.41, 5.74) is 11.1. The number of aromatic nitrogens is 3. The van der Waals surface area contributed by atoms with Crippen molar-refractivity contribution in [3.8, 4) is 16.9 Å². The number of benzene rings is 3. The summed E-state index contributed by atoms with van der Waals surface area (Å²) >= 11 is 0. The highest BCUT2D eigenvalue weighted by atomic mass is 16.6. The number of hydrogen-bond donors (Lipinski definition) is 1. The lowest BCUT2D eigenvalue weighted by atomic mass is 10.00. The van der Waals surface area contributed by atoms with Crippen LogP contribution < -0.4 is 10.5 Å². The van der Waals surface area contributed by atoms with Gasteiger partial charge in [-0.2, -0.15) is 5.10 Å². The Bertz CT molecular complexity index is 2020. The zero-order valence-electron chi connectivity index (χ0n) is 29.4. The van der Waals surface area contributed by atoms with Crippen molar-refractivity contribution >= 4 is 39.4 Å². The molecule has 0 radical (unpaired) electrons. The molecule has 1 atom stereocenters. The number of hydrogen-bond acceptors (Lipinski definition) is 10. The minimum absolute atomic E-state index is 0.0544. The highest BCUT2D eigenvalue weighted by Gasteiger charge is 2.29. The SMILES string of the molecule is CCOC(=O)Cc1cc(COC)ccc1OCc1nn(C2CCN(CC(=O)OC(C)(C)C)C2)c2ccc(-c3ccc4ccnc(N)c4c3)cc12. The Kier molecular flexibility index (Phi) is 10.4. The van der Waals surface area contributed by atoms with Crippen LogP contribution in [0.25, 0.3) is 32.8 Å². The number of nitrogens with zero attached hydrogens (tertiary/aromatic N) is 4. The molecule has 3 aromatic carbocycles. The zero-order chi connectivity index (χ0) is 35.4. The van der Waals surface area contributed by atoms with E-state index in [1.165, 1.54) is 0 Å². The molecule has 5 aromatic rings. The molecule has 1 unspecified atom stereocenters. The molecule has 11 nitrogen and oxygen atoms in total. The van der Waals surface area contributed by atoms with Gasteiger partial charge < -0.3 is 24.7 Å². The second kappa shape index (κ2) is 14.9. The number of rotatable bonds is 12. The molecule has 1 fully saturated rings. The molecule has 0 bridgehead atoms. The molecule has 0 aliphatic carbocycles. The summed E-state index contributed by atoms with van der Waals surface area (Å²) in [6.45, 7) is 9.97. The van der Waals surface area contributed by atoms with Gasteiger partial charge in [0.05, 0.1) is 37.7 Å². The number of likely N-dealkylation sites (tertiary alicyclic amines) is 1. The first-order valence-corrected chi connectivity index (χ1v) is 17.0. The first-order chi connectivity index (χ1) is 24.0. The average Bonchev–Trinajstić information content (AvgIpc) is 3.68. The van der Waals surface area contributed by atoms with Gasteiger partial charge in [-0.1, -0.05) is 24.3 Å². The molecule has 11 heteroatoms. The highest BCUT2D eigenvalue weighted by molar-refractivity contribution is 5.95. The Labute approximate surface area is 292 Å². The number of ether oxygens (including phenoxy) is 4. The Morgan fingerprint density at radius 2 is 1.74 bits per heavy atom. The van der Waals surface area contributed by atoms with Crippen LogP contribution in [0.1, 0.15) is 57.0 Å². The van der Waals surface area contributed by atoms with Gasteiger partial charge in [-0.15, -0.1) is 0 Å². The molecule has 1 saturated heterocycles. The summed E-state index contributed by atoms with van der Waals surface area (Å²) in [6, 6.07) is 20.2. The van der Waals surface area contributed by atoms with Crippen LogP contribution in [0.5, 0.6) is 5.75 Å². The highest BCUT2D eigenvalue weighted by Crippen LogP contribution is 2.34. The van der Waals surface area contributed by atoms with E-state index in [1.807, 2.05) is 45.0 Å². The van der Waals surface area contributed by atoms with Gasteiger partial charge in [0.2, 0.25) is 0 Å². The van der Waals surface area contributed by atoms with Gasteiger partial charge >= 0.3 is 11.9 Å². The molecule has 0 spiro atoms. The lowest BCUT2D eigenvalue weighted by molar-refractivity contribution is -0.155. The Morgan fingerprint density at radius 1 is 0.960 bits per heavy atom. The molecular weight excluding hydrogens is 634 g/mol. The largest absolute Gasteiger partial charge is 0.487 e. The monoisotopic (exact) mass is 679 g/mol. The van der Waals surface area contributed by atoms with Crippen LogP contribution in [-0.4, -0.2) is 70.6 Å². The fourth-order valence-corrected chi connectivity index (χ4v) is 6.53. The van der Waals surface area contributed by atoms with Crippen LogP contribution in [0, 0.1) is 0 Å². The Hall–Kier alpha value is -5.00. The number of nitrogen functional groups attached to an aromatic ring is 1. The van der Waals surface area contributed by atoms with Crippen molar-refractivity contribution < 1.29 is 28.5 Å². The number of anilines is 1. The maximum absolute atomic E-state index is 12.6. The number of fused-ring (bicyclic) bond motifs is 2. The van der Waals surface area contributed by atoms with Crippen LogP contribution >= 0.6 is 0 Å². The van der Waals surface area contributed by atoms with Crippen LogP contribution in [-0.2, 0) is 43.4 Å². The third-order valence-electron chi connectivity index (χ3n) is 8.72. The van der Waals surface area contributed by atoms with Crippen molar-refractivity contribution in [1.29, 1.82) is 0 Å². The molecule has 2 N–H and O–H groups in total. The number of pyridine rings is 1. The standard InChI is InChI=1S/C39H45N5O6/c1-6-48-36(45)20-29-17-25(23-47-5)7-12-35(29)49-24-33-32-19-28(27-9-8-26-13-15-41-38(40)31(26)18-27)10-11-34(32)44(42-33)30-14-16-43(21-30)22-37(46)50-39(2,3)4/h7-13,15,17-19,30H,6,14,16,20-24H2,1-5H3,(H2,40,41). The molecular formula is C39H45N5O6. The van der Waals surface area contributed by atoms with Gasteiger partial charge in [0.15, 0.2) is 0 Å². The lowest BCUT2D eigenvalue weighted by Gasteiger charge is -2.22. The van der Waals surface area contributed by atoms with E-state index in [2.05, 4.69) is 51.0 Å². The Morgan fingerprint density at radius 3 is 2.50 bits per heavy atom. The second-order valence-corrected chi connectivity index (χ2v) is 13.7. The Balaban J connectivity index is 1.34. The van der Waals surface area contributed by atoms with E-state index in [0.717, 1.165) is 62.6 Å². The quantitative estimate of drug-likeness (QED) is 0.151. The van der Waals surface area contributed by atoms with Crippen molar-refractivity contribution in [3.05, 3.63) is 83.7 Å². The summed E-state index contributed by atoms with van der Waals surface area (Å²) in [4.78, 5) is 31.5. The average molecular weight is 680 g/mol. The molecule has 1 aliphatic heterocycles. The third-order valence-corrected chi connectivity index (χ3v) is 8.72. The summed E-state index contributed by atoms with van der Waals surface area (Å²) < 4.78 is 24.6. The molecule has 262 valence electrons. The van der Waals surface area contributed by atoms with Crippen molar-refractivity contribution in [1.82, 2.24) is 19.7 Å². The maximum atomic E-state index is 12.6. The van der Waals surface area contributed by atoms with E-state index in [4.69, 9.17) is 29.8 Å². The first-order valence-electron chi connectivity index (χ1n) is 17.0. The van der Waals surface area contributed by atoms with E-state index in [9.17, 15) is 9.59 Å². The van der Waals surface area contributed by atoms with E-state index in [0.29, 0.717) is 31.3 Å². The van der Waals surface area contributed by atoms with Crippen LogP contribution in [0.2, 0.25) is 0 Å². The minimum Gasteiger partial charge on any atom is -0.487 e. The van der Waals surface area contributed by atoms with E-state index in [-0.39, 0.29) is 37.6 Å². The number of methoxy groups -OCH3 is 1. The lowest BCUT2D eigenvalue weighted by Crippen LogP contribution is -2.34.